The molecule has 0 aromatic heterocycles. The molecule has 0 saturated heterocycles. The van der Waals surface area contributed by atoms with E-state index in [4.69, 9.17) is 11.6 Å². The summed E-state index contributed by atoms with van der Waals surface area (Å²) >= 11 is 6.17. The normalized spacial score (nSPS) is 12.0. The Labute approximate surface area is 217 Å². The van der Waals surface area contributed by atoms with E-state index in [9.17, 15) is 18.0 Å². The Morgan fingerprint density at radius 2 is 1.56 bits per heavy atom. The molecular formula is C27H30ClN3O4S. The number of benzene rings is 3. The molecule has 1 atom stereocenters. The number of nitrogens with zero attached hydrogens (tertiary/aromatic N) is 2. The van der Waals surface area contributed by atoms with Crippen molar-refractivity contribution in [1.82, 2.24) is 10.2 Å². The molecule has 0 aliphatic heterocycles. The summed E-state index contributed by atoms with van der Waals surface area (Å²) in [5.74, 6) is -0.791. The van der Waals surface area contributed by atoms with E-state index < -0.39 is 28.5 Å². The van der Waals surface area contributed by atoms with E-state index in [1.807, 2.05) is 37.3 Å². The average Bonchev–Trinajstić information content (AvgIpc) is 2.88. The Morgan fingerprint density at radius 3 is 2.14 bits per heavy atom. The summed E-state index contributed by atoms with van der Waals surface area (Å²) in [7, 11) is -4.11. The molecule has 3 aromatic carbocycles. The molecule has 0 fully saturated rings. The quantitative estimate of drug-likeness (QED) is 0.398. The minimum atomic E-state index is -4.11. The first-order chi connectivity index (χ1) is 17.3. The lowest BCUT2D eigenvalue weighted by atomic mass is 10.1. The lowest BCUT2D eigenvalue weighted by Crippen LogP contribution is -2.52. The molecular weight excluding hydrogens is 498 g/mol. The van der Waals surface area contributed by atoms with Crippen molar-refractivity contribution in [3.8, 4) is 0 Å². The Hall–Kier alpha value is -3.36. The molecule has 0 unspecified atom stereocenters. The van der Waals surface area contributed by atoms with Gasteiger partial charge >= 0.3 is 0 Å². The predicted molar refractivity (Wildman–Crippen MR) is 142 cm³/mol. The summed E-state index contributed by atoms with van der Waals surface area (Å²) in [5, 5.41) is 3.12. The Balaban J connectivity index is 2.04. The fraction of sp³-hybridized carbons (Fsp3) is 0.259. The van der Waals surface area contributed by atoms with Crippen molar-refractivity contribution in [3.63, 3.8) is 0 Å². The zero-order valence-electron chi connectivity index (χ0n) is 20.3. The molecule has 3 aromatic rings. The number of anilines is 1. The second kappa shape index (κ2) is 12.6. The molecule has 190 valence electrons. The minimum Gasteiger partial charge on any atom is -0.355 e. The van der Waals surface area contributed by atoms with E-state index in [0.29, 0.717) is 18.0 Å². The van der Waals surface area contributed by atoms with Gasteiger partial charge in [-0.25, -0.2) is 8.42 Å². The van der Waals surface area contributed by atoms with Crippen LogP contribution in [0.5, 0.6) is 0 Å². The molecule has 0 spiro atoms. The maximum atomic E-state index is 13.8. The Bertz CT molecular complexity index is 1270. The highest BCUT2D eigenvalue weighted by atomic mass is 35.5. The van der Waals surface area contributed by atoms with Crippen molar-refractivity contribution < 1.29 is 18.0 Å². The standard InChI is InChI=1S/C27H30ClN3O4S/c1-3-25(27(33)29-4-2)30(19-21-12-7-5-8-13-21)26(32)20-31(23-15-11-14-22(28)18-23)36(34,35)24-16-9-6-10-17-24/h5-18,25H,3-4,19-20H2,1-2H3,(H,29,33)/t25-/m1/s1. The molecule has 0 bridgehead atoms. The van der Waals surface area contributed by atoms with Gasteiger partial charge in [-0.15, -0.1) is 0 Å². The fourth-order valence-corrected chi connectivity index (χ4v) is 5.48. The van der Waals surface area contributed by atoms with Gasteiger partial charge in [0, 0.05) is 18.1 Å². The predicted octanol–water partition coefficient (Wildman–Crippen LogP) is 4.48. The lowest BCUT2D eigenvalue weighted by Gasteiger charge is -2.33. The summed E-state index contributed by atoms with van der Waals surface area (Å²) in [6.07, 6.45) is 0.368. The number of carbonyl (C=O) groups is 2. The van der Waals surface area contributed by atoms with Crippen LogP contribution < -0.4 is 9.62 Å². The van der Waals surface area contributed by atoms with Gasteiger partial charge in [0.25, 0.3) is 10.0 Å². The van der Waals surface area contributed by atoms with Crippen molar-refractivity contribution in [3.05, 3.63) is 95.5 Å². The third-order valence-corrected chi connectivity index (χ3v) is 7.66. The zero-order valence-corrected chi connectivity index (χ0v) is 21.9. The van der Waals surface area contributed by atoms with Gasteiger partial charge < -0.3 is 10.2 Å². The highest BCUT2D eigenvalue weighted by Crippen LogP contribution is 2.27. The van der Waals surface area contributed by atoms with Crippen LogP contribution in [0.3, 0.4) is 0 Å². The first-order valence-corrected chi connectivity index (χ1v) is 13.5. The van der Waals surface area contributed by atoms with Gasteiger partial charge in [0.1, 0.15) is 12.6 Å². The van der Waals surface area contributed by atoms with Crippen LogP contribution in [0.1, 0.15) is 25.8 Å². The van der Waals surface area contributed by atoms with Crippen molar-refractivity contribution in [2.75, 3.05) is 17.4 Å². The van der Waals surface area contributed by atoms with Gasteiger partial charge in [-0.3, -0.25) is 13.9 Å². The second-order valence-electron chi connectivity index (χ2n) is 8.13. The molecule has 0 aliphatic carbocycles. The topological polar surface area (TPSA) is 86.8 Å². The van der Waals surface area contributed by atoms with Crippen molar-refractivity contribution in [2.24, 2.45) is 0 Å². The van der Waals surface area contributed by atoms with Gasteiger partial charge in [0.15, 0.2) is 0 Å². The number of halogens is 1. The summed E-state index contributed by atoms with van der Waals surface area (Å²) in [5.41, 5.74) is 1.08. The number of hydrogen-bond acceptors (Lipinski definition) is 4. The SMILES string of the molecule is CCNC(=O)[C@@H](CC)N(Cc1ccccc1)C(=O)CN(c1cccc(Cl)c1)S(=O)(=O)c1ccccc1. The van der Waals surface area contributed by atoms with E-state index in [-0.39, 0.29) is 23.0 Å². The molecule has 1 N–H and O–H groups in total. The lowest BCUT2D eigenvalue weighted by molar-refractivity contribution is -0.140. The van der Waals surface area contributed by atoms with E-state index in [2.05, 4.69) is 5.32 Å². The third-order valence-electron chi connectivity index (χ3n) is 5.64. The summed E-state index contributed by atoms with van der Waals surface area (Å²) in [6, 6.07) is 22.8. The van der Waals surface area contributed by atoms with Gasteiger partial charge in [0.05, 0.1) is 10.6 Å². The van der Waals surface area contributed by atoms with E-state index >= 15 is 0 Å². The number of carbonyl (C=O) groups excluding carboxylic acids is 2. The zero-order chi connectivity index (χ0) is 26.1. The molecule has 0 aliphatic rings. The van der Waals surface area contributed by atoms with Gasteiger partial charge in [0.2, 0.25) is 11.8 Å². The largest absolute Gasteiger partial charge is 0.355 e. The van der Waals surface area contributed by atoms with Crippen LogP contribution in [0.15, 0.2) is 89.8 Å². The molecule has 0 saturated carbocycles. The van der Waals surface area contributed by atoms with E-state index in [0.717, 1.165) is 9.87 Å². The first kappa shape index (κ1) is 27.2. The number of sulfonamides is 1. The highest BCUT2D eigenvalue weighted by Gasteiger charge is 2.33. The molecule has 3 rings (SSSR count). The van der Waals surface area contributed by atoms with Crippen molar-refractivity contribution in [2.45, 2.75) is 37.8 Å². The molecule has 36 heavy (non-hydrogen) atoms. The van der Waals surface area contributed by atoms with Crippen LogP contribution in [0, 0.1) is 0 Å². The highest BCUT2D eigenvalue weighted by molar-refractivity contribution is 7.92. The number of rotatable bonds is 11. The summed E-state index contributed by atoms with van der Waals surface area (Å²) < 4.78 is 28.4. The van der Waals surface area contributed by atoms with Crippen LogP contribution in [-0.2, 0) is 26.2 Å². The number of likely N-dealkylation sites (N-methyl/N-ethyl adjacent to an activating group) is 1. The van der Waals surface area contributed by atoms with E-state index in [1.54, 1.807) is 43.3 Å². The molecule has 7 nitrogen and oxygen atoms in total. The maximum Gasteiger partial charge on any atom is 0.264 e. The van der Waals surface area contributed by atoms with Gasteiger partial charge in [-0.2, -0.15) is 0 Å². The smallest absolute Gasteiger partial charge is 0.264 e. The number of amides is 2. The Morgan fingerprint density at radius 1 is 0.917 bits per heavy atom. The monoisotopic (exact) mass is 527 g/mol. The summed E-state index contributed by atoms with van der Waals surface area (Å²) in [6.45, 7) is 3.70. The molecule has 9 heteroatoms. The van der Waals surface area contributed by atoms with E-state index in [1.165, 1.54) is 23.1 Å². The van der Waals surface area contributed by atoms with Crippen LogP contribution in [0.25, 0.3) is 0 Å². The maximum absolute atomic E-state index is 13.8. The van der Waals surface area contributed by atoms with Crippen molar-refractivity contribution >= 4 is 39.1 Å². The average molecular weight is 528 g/mol. The first-order valence-electron chi connectivity index (χ1n) is 11.7. The van der Waals surface area contributed by atoms with Crippen LogP contribution in [0.4, 0.5) is 5.69 Å². The second-order valence-corrected chi connectivity index (χ2v) is 10.4. The Kier molecular flexibility index (Phi) is 9.50. The molecule has 0 heterocycles. The van der Waals surface area contributed by atoms with Crippen LogP contribution in [-0.4, -0.2) is 44.3 Å². The fourth-order valence-electron chi connectivity index (χ4n) is 3.87. The number of hydrogen-bond donors (Lipinski definition) is 1. The van der Waals surface area contributed by atoms with Crippen LogP contribution in [0.2, 0.25) is 5.02 Å². The van der Waals surface area contributed by atoms with Gasteiger partial charge in [-0.05, 0) is 49.2 Å². The number of nitrogens with one attached hydrogen (secondary N) is 1. The minimum absolute atomic E-state index is 0.0446. The third kappa shape index (κ3) is 6.65. The molecule has 0 radical (unpaired) electrons. The van der Waals surface area contributed by atoms with Gasteiger partial charge in [-0.1, -0.05) is 73.1 Å². The van der Waals surface area contributed by atoms with Crippen LogP contribution >= 0.6 is 11.6 Å². The van der Waals surface area contributed by atoms with Crippen molar-refractivity contribution in [1.29, 1.82) is 0 Å². The molecule has 2 amide bonds. The summed E-state index contributed by atoms with van der Waals surface area (Å²) in [4.78, 5) is 28.2.